The van der Waals surface area contributed by atoms with Gasteiger partial charge in [0.25, 0.3) is 5.91 Å². The number of fused-ring (bicyclic) bond motifs is 1. The molecule has 25 heavy (non-hydrogen) atoms. The molecular weight excluding hydrogens is 316 g/mol. The summed E-state index contributed by atoms with van der Waals surface area (Å²) in [5.41, 5.74) is 7.73. The van der Waals surface area contributed by atoms with Gasteiger partial charge in [-0.05, 0) is 39.1 Å². The number of carbonyl (C=O) groups excluding carboxylic acids is 2. The van der Waals surface area contributed by atoms with Crippen LogP contribution in [0.2, 0.25) is 0 Å². The van der Waals surface area contributed by atoms with Gasteiger partial charge >= 0.3 is 0 Å². The molecule has 1 aliphatic rings. The second kappa shape index (κ2) is 7.19. The molecule has 0 spiro atoms. The second-order valence-electron chi connectivity index (χ2n) is 6.87. The van der Waals surface area contributed by atoms with Crippen molar-refractivity contribution in [3.63, 3.8) is 0 Å². The maximum Gasteiger partial charge on any atom is 0.250 e. The first-order chi connectivity index (χ1) is 12.0. The molecule has 0 aliphatic carbocycles. The van der Waals surface area contributed by atoms with E-state index in [1.54, 1.807) is 0 Å². The Hall–Kier alpha value is -2.47. The Labute approximate surface area is 147 Å². The molecule has 0 unspecified atom stereocenters. The Morgan fingerprint density at radius 2 is 1.92 bits per heavy atom. The number of nitrogens with two attached hydrogens (primary N) is 1. The number of para-hydroxylation sites is 1. The van der Waals surface area contributed by atoms with E-state index in [0.29, 0.717) is 25.2 Å². The van der Waals surface area contributed by atoms with Crippen molar-refractivity contribution < 1.29 is 9.59 Å². The topological polar surface area (TPSA) is 79.5 Å². The van der Waals surface area contributed by atoms with Crippen LogP contribution in [0.15, 0.2) is 30.3 Å². The molecule has 132 valence electrons. The molecule has 0 bridgehead atoms. The van der Waals surface area contributed by atoms with E-state index in [2.05, 4.69) is 0 Å². The van der Waals surface area contributed by atoms with Crippen LogP contribution in [0, 0.1) is 0 Å². The summed E-state index contributed by atoms with van der Waals surface area (Å²) in [6.45, 7) is 1.79. The predicted molar refractivity (Wildman–Crippen MR) is 97.4 cm³/mol. The summed E-state index contributed by atoms with van der Waals surface area (Å²) >= 11 is 0. The third-order valence-corrected chi connectivity index (χ3v) is 4.70. The highest BCUT2D eigenvalue weighted by Crippen LogP contribution is 2.31. The zero-order valence-electron chi connectivity index (χ0n) is 14.7. The fourth-order valence-electron chi connectivity index (χ4n) is 3.41. The normalized spacial score (nSPS) is 15.7. The average Bonchev–Trinajstić information content (AvgIpc) is 2.60. The van der Waals surface area contributed by atoms with E-state index < -0.39 is 5.91 Å². The SMILES string of the molecule is CN(C)CC(=O)N1CCC(c2nc3ccccc3cc2C(N)=O)CC1. The first kappa shape index (κ1) is 17.4. The molecule has 1 aromatic carbocycles. The van der Waals surface area contributed by atoms with Gasteiger partial charge in [-0.15, -0.1) is 0 Å². The summed E-state index contributed by atoms with van der Waals surface area (Å²) in [5, 5.41) is 0.915. The predicted octanol–water partition coefficient (Wildman–Crippen LogP) is 1.60. The van der Waals surface area contributed by atoms with Crippen LogP contribution in [0.1, 0.15) is 34.8 Å². The summed E-state index contributed by atoms with van der Waals surface area (Å²) in [6, 6.07) is 9.57. The number of carbonyl (C=O) groups is 2. The maximum atomic E-state index is 12.2. The standard InChI is InChI=1S/C19H24N4O2/c1-22(2)12-17(24)23-9-7-13(8-10-23)18-15(19(20)25)11-14-5-3-4-6-16(14)21-18/h3-6,11,13H,7-10,12H2,1-2H3,(H2,20,25). The molecular formula is C19H24N4O2. The number of piperidine rings is 1. The number of amides is 2. The van der Waals surface area contributed by atoms with Gasteiger partial charge in [0.2, 0.25) is 5.91 Å². The van der Waals surface area contributed by atoms with E-state index in [0.717, 1.165) is 29.4 Å². The summed E-state index contributed by atoms with van der Waals surface area (Å²) in [5.74, 6) is -0.153. The molecule has 3 rings (SSSR count). The number of pyridine rings is 1. The Morgan fingerprint density at radius 3 is 2.56 bits per heavy atom. The number of likely N-dealkylation sites (N-methyl/N-ethyl adjacent to an activating group) is 1. The van der Waals surface area contributed by atoms with E-state index in [4.69, 9.17) is 10.7 Å². The number of rotatable bonds is 4. The summed E-state index contributed by atoms with van der Waals surface area (Å²) in [4.78, 5) is 32.6. The van der Waals surface area contributed by atoms with Crippen molar-refractivity contribution in [1.29, 1.82) is 0 Å². The van der Waals surface area contributed by atoms with Crippen molar-refractivity contribution in [3.8, 4) is 0 Å². The molecule has 2 amide bonds. The summed E-state index contributed by atoms with van der Waals surface area (Å²) in [6.07, 6.45) is 1.59. The molecule has 0 saturated carbocycles. The number of hydrogen-bond donors (Lipinski definition) is 1. The maximum absolute atomic E-state index is 12.2. The van der Waals surface area contributed by atoms with Crippen LogP contribution >= 0.6 is 0 Å². The van der Waals surface area contributed by atoms with Gasteiger partial charge in [0.05, 0.1) is 23.3 Å². The van der Waals surface area contributed by atoms with Gasteiger partial charge in [0.15, 0.2) is 0 Å². The van der Waals surface area contributed by atoms with Crippen LogP contribution in [0.25, 0.3) is 10.9 Å². The lowest BCUT2D eigenvalue weighted by atomic mass is 9.89. The van der Waals surface area contributed by atoms with E-state index in [-0.39, 0.29) is 11.8 Å². The zero-order valence-corrected chi connectivity index (χ0v) is 14.7. The van der Waals surface area contributed by atoms with E-state index in [1.807, 2.05) is 54.2 Å². The molecule has 0 radical (unpaired) electrons. The minimum atomic E-state index is -0.445. The molecule has 2 aromatic rings. The fraction of sp³-hybridized carbons (Fsp3) is 0.421. The summed E-state index contributed by atoms with van der Waals surface area (Å²) in [7, 11) is 3.78. The monoisotopic (exact) mass is 340 g/mol. The number of aromatic nitrogens is 1. The number of nitrogens with zero attached hydrogens (tertiary/aromatic N) is 3. The quantitative estimate of drug-likeness (QED) is 0.917. The molecule has 2 heterocycles. The molecule has 0 atom stereocenters. The van der Waals surface area contributed by atoms with E-state index in [1.165, 1.54) is 0 Å². The largest absolute Gasteiger partial charge is 0.366 e. The molecule has 1 aromatic heterocycles. The Morgan fingerprint density at radius 1 is 1.24 bits per heavy atom. The van der Waals surface area contributed by atoms with Crippen molar-refractivity contribution in [2.24, 2.45) is 5.73 Å². The van der Waals surface area contributed by atoms with Gasteiger partial charge in [0.1, 0.15) is 0 Å². The average molecular weight is 340 g/mol. The van der Waals surface area contributed by atoms with Crippen LogP contribution in [-0.4, -0.2) is 60.3 Å². The Kier molecular flexibility index (Phi) is 4.99. The Balaban J connectivity index is 1.82. The van der Waals surface area contributed by atoms with Gasteiger partial charge in [-0.1, -0.05) is 18.2 Å². The minimum absolute atomic E-state index is 0.144. The van der Waals surface area contributed by atoms with Crippen molar-refractivity contribution in [3.05, 3.63) is 41.6 Å². The molecule has 2 N–H and O–H groups in total. The van der Waals surface area contributed by atoms with Crippen molar-refractivity contribution in [2.75, 3.05) is 33.7 Å². The van der Waals surface area contributed by atoms with Crippen molar-refractivity contribution in [2.45, 2.75) is 18.8 Å². The van der Waals surface area contributed by atoms with E-state index >= 15 is 0 Å². The number of benzene rings is 1. The van der Waals surface area contributed by atoms with Crippen molar-refractivity contribution in [1.82, 2.24) is 14.8 Å². The van der Waals surface area contributed by atoms with Gasteiger partial charge < -0.3 is 15.5 Å². The zero-order chi connectivity index (χ0) is 18.0. The first-order valence-electron chi connectivity index (χ1n) is 8.57. The molecule has 1 aliphatic heterocycles. The van der Waals surface area contributed by atoms with Gasteiger partial charge in [0, 0.05) is 24.4 Å². The lowest BCUT2D eigenvalue weighted by Crippen LogP contribution is -2.42. The van der Waals surface area contributed by atoms with E-state index in [9.17, 15) is 9.59 Å². The van der Waals surface area contributed by atoms with Crippen LogP contribution in [-0.2, 0) is 4.79 Å². The number of hydrogen-bond acceptors (Lipinski definition) is 4. The van der Waals surface area contributed by atoms with Gasteiger partial charge in [-0.3, -0.25) is 14.6 Å². The highest BCUT2D eigenvalue weighted by atomic mass is 16.2. The third kappa shape index (κ3) is 3.79. The fourth-order valence-corrected chi connectivity index (χ4v) is 3.41. The highest BCUT2D eigenvalue weighted by Gasteiger charge is 2.27. The smallest absolute Gasteiger partial charge is 0.250 e. The lowest BCUT2D eigenvalue weighted by molar-refractivity contribution is -0.132. The summed E-state index contributed by atoms with van der Waals surface area (Å²) < 4.78 is 0. The first-order valence-corrected chi connectivity index (χ1v) is 8.57. The van der Waals surface area contributed by atoms with Crippen LogP contribution < -0.4 is 5.73 Å². The molecule has 1 saturated heterocycles. The molecule has 6 nitrogen and oxygen atoms in total. The van der Waals surface area contributed by atoms with Crippen molar-refractivity contribution >= 4 is 22.7 Å². The number of likely N-dealkylation sites (tertiary alicyclic amines) is 1. The lowest BCUT2D eigenvalue weighted by Gasteiger charge is -2.33. The third-order valence-electron chi connectivity index (χ3n) is 4.70. The Bertz CT molecular complexity index is 795. The van der Waals surface area contributed by atoms with Crippen LogP contribution in [0.5, 0.6) is 0 Å². The molecule has 6 heteroatoms. The van der Waals surface area contributed by atoms with Crippen LogP contribution in [0.4, 0.5) is 0 Å². The van der Waals surface area contributed by atoms with Gasteiger partial charge in [-0.25, -0.2) is 0 Å². The van der Waals surface area contributed by atoms with Gasteiger partial charge in [-0.2, -0.15) is 0 Å². The number of primary amides is 1. The molecule has 1 fully saturated rings. The second-order valence-corrected chi connectivity index (χ2v) is 6.87. The van der Waals surface area contributed by atoms with Crippen LogP contribution in [0.3, 0.4) is 0 Å². The minimum Gasteiger partial charge on any atom is -0.366 e. The highest BCUT2D eigenvalue weighted by molar-refractivity contribution is 5.97.